The van der Waals surface area contributed by atoms with E-state index in [1.54, 1.807) is 0 Å². The van der Waals surface area contributed by atoms with Crippen LogP contribution in [0.1, 0.15) is 23.2 Å². The molecule has 2 N–H and O–H groups in total. The Morgan fingerprint density at radius 3 is 2.95 bits per heavy atom. The average Bonchev–Trinajstić information content (AvgIpc) is 3.10. The highest BCUT2D eigenvalue weighted by atomic mass is 16.5. The first-order valence-corrected chi connectivity index (χ1v) is 7.31. The number of hydrogen-bond donors (Lipinski definition) is 1. The predicted molar refractivity (Wildman–Crippen MR) is 81.6 cm³/mol. The van der Waals surface area contributed by atoms with Gasteiger partial charge in [0.2, 0.25) is 5.88 Å². The zero-order valence-electron chi connectivity index (χ0n) is 11.7. The molecule has 4 nitrogen and oxygen atoms in total. The number of nitrogens with zero attached hydrogens (tertiary/aromatic N) is 2. The van der Waals surface area contributed by atoms with E-state index in [0.717, 1.165) is 23.5 Å². The average molecular weight is 279 g/mol. The number of aromatic nitrogens is 2. The van der Waals surface area contributed by atoms with E-state index in [1.165, 1.54) is 24.0 Å². The van der Waals surface area contributed by atoms with Gasteiger partial charge in [0.25, 0.3) is 0 Å². The number of fused-ring (bicyclic) bond motifs is 2. The molecule has 2 heterocycles. The Hall–Kier alpha value is -2.33. The topological polar surface area (TPSA) is 52.5 Å². The van der Waals surface area contributed by atoms with Crippen LogP contribution in [-0.4, -0.2) is 9.38 Å². The molecule has 0 saturated heterocycles. The lowest BCUT2D eigenvalue weighted by Gasteiger charge is -2.07. The van der Waals surface area contributed by atoms with Crippen molar-refractivity contribution in [1.29, 1.82) is 0 Å². The summed E-state index contributed by atoms with van der Waals surface area (Å²) in [5.41, 5.74) is 10.4. The summed E-state index contributed by atoms with van der Waals surface area (Å²) in [6, 6.07) is 12.2. The van der Waals surface area contributed by atoms with Crippen LogP contribution >= 0.6 is 0 Å². The molecule has 2 aromatic heterocycles. The molecule has 1 aliphatic rings. The molecule has 0 aliphatic heterocycles. The minimum absolute atomic E-state index is 0.394. The highest BCUT2D eigenvalue weighted by molar-refractivity contribution is 5.47. The van der Waals surface area contributed by atoms with Crippen LogP contribution in [0.3, 0.4) is 0 Å². The van der Waals surface area contributed by atoms with Crippen molar-refractivity contribution in [3.05, 3.63) is 59.4 Å². The summed E-state index contributed by atoms with van der Waals surface area (Å²) in [4.78, 5) is 4.53. The van der Waals surface area contributed by atoms with E-state index in [0.29, 0.717) is 12.4 Å². The Bertz CT molecular complexity index is 807. The van der Waals surface area contributed by atoms with E-state index in [4.69, 9.17) is 10.5 Å². The molecule has 4 rings (SSSR count). The van der Waals surface area contributed by atoms with Gasteiger partial charge in [0.15, 0.2) is 0 Å². The summed E-state index contributed by atoms with van der Waals surface area (Å²) in [7, 11) is 0. The summed E-state index contributed by atoms with van der Waals surface area (Å²) in [5, 5.41) is 0. The van der Waals surface area contributed by atoms with E-state index in [1.807, 2.05) is 34.9 Å². The summed E-state index contributed by atoms with van der Waals surface area (Å²) in [5.74, 6) is 1.44. The maximum atomic E-state index is 6.00. The monoisotopic (exact) mass is 279 g/mol. The first-order chi connectivity index (χ1) is 10.3. The van der Waals surface area contributed by atoms with E-state index >= 15 is 0 Å². The number of benzene rings is 1. The number of pyridine rings is 1. The maximum Gasteiger partial charge on any atom is 0.242 e. The van der Waals surface area contributed by atoms with Crippen LogP contribution in [0.5, 0.6) is 11.6 Å². The quantitative estimate of drug-likeness (QED) is 0.801. The van der Waals surface area contributed by atoms with Gasteiger partial charge in [-0.15, -0.1) is 0 Å². The Balaban J connectivity index is 1.74. The molecule has 4 heteroatoms. The van der Waals surface area contributed by atoms with Gasteiger partial charge in [-0.05, 0) is 54.7 Å². The van der Waals surface area contributed by atoms with Crippen molar-refractivity contribution >= 4 is 5.65 Å². The molecule has 0 bridgehead atoms. The second-order valence-electron chi connectivity index (χ2n) is 5.38. The van der Waals surface area contributed by atoms with Gasteiger partial charge in [0.1, 0.15) is 17.1 Å². The van der Waals surface area contributed by atoms with Crippen molar-refractivity contribution in [1.82, 2.24) is 9.38 Å². The van der Waals surface area contributed by atoms with Crippen molar-refractivity contribution in [2.45, 2.75) is 25.8 Å². The number of hydrogen-bond acceptors (Lipinski definition) is 3. The van der Waals surface area contributed by atoms with Crippen LogP contribution in [0.25, 0.3) is 5.65 Å². The highest BCUT2D eigenvalue weighted by Crippen LogP contribution is 2.30. The Labute approximate surface area is 123 Å². The van der Waals surface area contributed by atoms with Crippen LogP contribution in [0.15, 0.2) is 42.6 Å². The molecular formula is C17H17N3O. The number of nitrogens with two attached hydrogens (primary N) is 1. The molecule has 0 atom stereocenters. The fourth-order valence-corrected chi connectivity index (χ4v) is 3.02. The third-order valence-corrected chi connectivity index (χ3v) is 4.07. The molecule has 21 heavy (non-hydrogen) atoms. The standard InChI is InChI=1S/C17H17N3O/c18-11-15-17(19-16-6-1-2-9-20(15)16)21-14-8-7-12-4-3-5-13(12)10-14/h1-2,6-10H,3-5,11,18H2. The molecule has 3 aromatic rings. The third kappa shape index (κ3) is 2.08. The lowest BCUT2D eigenvalue weighted by atomic mass is 10.1. The van der Waals surface area contributed by atoms with Crippen molar-refractivity contribution in [2.24, 2.45) is 5.73 Å². The number of rotatable bonds is 3. The van der Waals surface area contributed by atoms with Crippen LogP contribution in [-0.2, 0) is 19.4 Å². The van der Waals surface area contributed by atoms with Crippen molar-refractivity contribution in [2.75, 3.05) is 0 Å². The van der Waals surface area contributed by atoms with Crippen LogP contribution in [0.2, 0.25) is 0 Å². The fraction of sp³-hybridized carbons (Fsp3) is 0.235. The van der Waals surface area contributed by atoms with Gasteiger partial charge in [0, 0.05) is 12.7 Å². The number of aryl methyl sites for hydroxylation is 2. The van der Waals surface area contributed by atoms with Crippen molar-refractivity contribution in [3.8, 4) is 11.6 Å². The molecule has 106 valence electrons. The van der Waals surface area contributed by atoms with Gasteiger partial charge in [-0.25, -0.2) is 0 Å². The molecule has 0 fully saturated rings. The van der Waals surface area contributed by atoms with Gasteiger partial charge < -0.3 is 10.5 Å². The minimum Gasteiger partial charge on any atom is -0.437 e. The second-order valence-corrected chi connectivity index (χ2v) is 5.38. The molecule has 0 amide bonds. The summed E-state index contributed by atoms with van der Waals surface area (Å²) in [6.45, 7) is 0.394. The third-order valence-electron chi connectivity index (χ3n) is 4.07. The van der Waals surface area contributed by atoms with Crippen LogP contribution in [0, 0.1) is 0 Å². The molecule has 1 aliphatic carbocycles. The number of imidazole rings is 1. The Morgan fingerprint density at radius 1 is 1.14 bits per heavy atom. The molecule has 1 aromatic carbocycles. The van der Waals surface area contributed by atoms with Gasteiger partial charge >= 0.3 is 0 Å². The predicted octanol–water partition coefficient (Wildman–Crippen LogP) is 3.07. The molecule has 0 unspecified atom stereocenters. The zero-order valence-corrected chi connectivity index (χ0v) is 11.7. The van der Waals surface area contributed by atoms with Crippen molar-refractivity contribution in [3.63, 3.8) is 0 Å². The van der Waals surface area contributed by atoms with E-state index in [2.05, 4.69) is 17.1 Å². The summed E-state index contributed by atoms with van der Waals surface area (Å²) < 4.78 is 7.97. The highest BCUT2D eigenvalue weighted by Gasteiger charge is 2.15. The van der Waals surface area contributed by atoms with Gasteiger partial charge in [-0.1, -0.05) is 12.1 Å². The fourth-order valence-electron chi connectivity index (χ4n) is 3.02. The van der Waals surface area contributed by atoms with Gasteiger partial charge in [-0.3, -0.25) is 4.40 Å². The van der Waals surface area contributed by atoms with Gasteiger partial charge in [0.05, 0.1) is 0 Å². The van der Waals surface area contributed by atoms with E-state index in [-0.39, 0.29) is 0 Å². The summed E-state index contributed by atoms with van der Waals surface area (Å²) in [6.07, 6.45) is 5.51. The first kappa shape index (κ1) is 12.4. The molecule has 0 saturated carbocycles. The first-order valence-electron chi connectivity index (χ1n) is 7.31. The molecular weight excluding hydrogens is 262 g/mol. The normalized spacial score (nSPS) is 13.6. The Morgan fingerprint density at radius 2 is 2.05 bits per heavy atom. The lowest BCUT2D eigenvalue weighted by Crippen LogP contribution is -2.02. The zero-order chi connectivity index (χ0) is 14.2. The second kappa shape index (κ2) is 4.90. The lowest BCUT2D eigenvalue weighted by molar-refractivity contribution is 0.459. The number of ether oxygens (including phenoxy) is 1. The molecule has 0 radical (unpaired) electrons. The van der Waals surface area contributed by atoms with E-state index < -0.39 is 0 Å². The maximum absolute atomic E-state index is 6.00. The van der Waals surface area contributed by atoms with Gasteiger partial charge in [-0.2, -0.15) is 4.98 Å². The minimum atomic E-state index is 0.394. The van der Waals surface area contributed by atoms with Crippen molar-refractivity contribution < 1.29 is 4.74 Å². The SMILES string of the molecule is NCc1c(Oc2ccc3c(c2)CCC3)nc2ccccn12. The van der Waals surface area contributed by atoms with Crippen LogP contribution in [0.4, 0.5) is 0 Å². The van der Waals surface area contributed by atoms with E-state index in [9.17, 15) is 0 Å². The summed E-state index contributed by atoms with van der Waals surface area (Å²) >= 11 is 0. The Kier molecular flexibility index (Phi) is 2.89. The van der Waals surface area contributed by atoms with Crippen LogP contribution < -0.4 is 10.5 Å². The largest absolute Gasteiger partial charge is 0.437 e. The smallest absolute Gasteiger partial charge is 0.242 e. The molecule has 0 spiro atoms.